The van der Waals surface area contributed by atoms with Gasteiger partial charge < -0.3 is 9.47 Å². The van der Waals surface area contributed by atoms with E-state index < -0.39 is 29.8 Å². The molecule has 2 heterocycles. The lowest BCUT2D eigenvalue weighted by atomic mass is 9.93. The Hall–Kier alpha value is -3.31. The fourth-order valence-corrected chi connectivity index (χ4v) is 6.01. The summed E-state index contributed by atoms with van der Waals surface area (Å²) >= 11 is 1.22. The van der Waals surface area contributed by atoms with Crippen LogP contribution in [0.2, 0.25) is 0 Å². The summed E-state index contributed by atoms with van der Waals surface area (Å²) in [6.45, 7) is 6.10. The number of benzene rings is 1. The fraction of sp³-hybridized carbons (Fsp3) is 0.500. The summed E-state index contributed by atoms with van der Waals surface area (Å²) in [7, 11) is 0. The molecule has 1 aromatic carbocycles. The van der Waals surface area contributed by atoms with Crippen LogP contribution in [0.25, 0.3) is 6.08 Å². The third-order valence-corrected chi connectivity index (χ3v) is 8.26. The number of carbonyl (C=O) groups excluding carboxylic acids is 4. The first-order chi connectivity index (χ1) is 19.7. The van der Waals surface area contributed by atoms with E-state index >= 15 is 0 Å². The van der Waals surface area contributed by atoms with Crippen LogP contribution in [0.4, 0.5) is 4.39 Å². The number of thioether (sulfide) groups is 1. The molecule has 0 amide bonds. The molecule has 0 bridgehead atoms. The van der Waals surface area contributed by atoms with Crippen LogP contribution in [-0.2, 0) is 28.7 Å². The average molecular weight is 586 g/mol. The predicted molar refractivity (Wildman–Crippen MR) is 152 cm³/mol. The summed E-state index contributed by atoms with van der Waals surface area (Å²) in [6.07, 6.45) is 5.43. The maximum Gasteiger partial charge on any atom is 0.331 e. The van der Waals surface area contributed by atoms with E-state index in [-0.39, 0.29) is 41.7 Å². The molecular weight excluding hydrogens is 549 g/mol. The quantitative estimate of drug-likeness (QED) is 0.332. The molecule has 2 fully saturated rings. The van der Waals surface area contributed by atoms with Gasteiger partial charge in [-0.25, -0.2) is 9.18 Å². The molecule has 2 aliphatic rings. The number of likely N-dealkylation sites (tertiary alicyclic amines) is 1. The largest absolute Gasteiger partial charge is 0.466 e. The zero-order chi connectivity index (χ0) is 29.5. The number of Topliss-reactive ketones (excluding diaryl/α,β-unsaturated/α-hetero) is 1. The second kappa shape index (κ2) is 14.0. The number of carbonyl (C=O) groups is 4. The van der Waals surface area contributed by atoms with Gasteiger partial charge >= 0.3 is 11.9 Å². The number of halogens is 1. The van der Waals surface area contributed by atoms with Crippen molar-refractivity contribution < 1.29 is 33.0 Å². The maximum absolute atomic E-state index is 14.9. The summed E-state index contributed by atoms with van der Waals surface area (Å²) in [5.74, 6) is -1.59. The Labute approximate surface area is 243 Å². The van der Waals surface area contributed by atoms with Crippen LogP contribution in [0, 0.1) is 11.7 Å². The second-order valence-electron chi connectivity index (χ2n) is 10.2. The van der Waals surface area contributed by atoms with Gasteiger partial charge in [0.1, 0.15) is 5.82 Å². The van der Waals surface area contributed by atoms with E-state index in [1.165, 1.54) is 29.4 Å². The van der Waals surface area contributed by atoms with Gasteiger partial charge in [-0.1, -0.05) is 30.0 Å². The molecule has 9 nitrogen and oxygen atoms in total. The van der Waals surface area contributed by atoms with Gasteiger partial charge in [0, 0.05) is 42.9 Å². The highest BCUT2D eigenvalue weighted by molar-refractivity contribution is 8.14. The van der Waals surface area contributed by atoms with E-state index in [0.717, 1.165) is 18.4 Å². The van der Waals surface area contributed by atoms with Crippen LogP contribution in [-0.4, -0.2) is 69.1 Å². The molecule has 0 spiro atoms. The van der Waals surface area contributed by atoms with Crippen LogP contribution in [0.15, 0.2) is 42.1 Å². The van der Waals surface area contributed by atoms with E-state index in [4.69, 9.17) is 9.47 Å². The molecule has 0 N–H and O–H groups in total. The summed E-state index contributed by atoms with van der Waals surface area (Å²) in [5, 5.41) is 4.36. The highest BCUT2D eigenvalue weighted by Crippen LogP contribution is 2.40. The van der Waals surface area contributed by atoms with E-state index in [2.05, 4.69) is 5.10 Å². The van der Waals surface area contributed by atoms with Crippen molar-refractivity contribution in [1.29, 1.82) is 0 Å². The van der Waals surface area contributed by atoms with Gasteiger partial charge in [-0.2, -0.15) is 5.10 Å². The number of ether oxygens (including phenoxy) is 2. The first-order valence-electron chi connectivity index (χ1n) is 14.0. The number of aromatic nitrogens is 2. The molecule has 220 valence electrons. The summed E-state index contributed by atoms with van der Waals surface area (Å²) < 4.78 is 26.5. The highest BCUT2D eigenvalue weighted by atomic mass is 32.2. The lowest BCUT2D eigenvalue weighted by Gasteiger charge is -2.38. The molecule has 3 atom stereocenters. The third kappa shape index (κ3) is 7.91. The number of nitrogens with zero attached hydrogens (tertiary/aromatic N) is 3. The molecule has 2 aromatic rings. The summed E-state index contributed by atoms with van der Waals surface area (Å²) in [5.41, 5.74) is 1.75. The van der Waals surface area contributed by atoms with Crippen LogP contribution in [0.1, 0.15) is 69.8 Å². The molecule has 41 heavy (non-hydrogen) atoms. The van der Waals surface area contributed by atoms with Crippen molar-refractivity contribution >= 4 is 40.7 Å². The minimum absolute atomic E-state index is 0.0210. The van der Waals surface area contributed by atoms with Crippen LogP contribution >= 0.6 is 11.8 Å². The van der Waals surface area contributed by atoms with Gasteiger partial charge in [0.25, 0.3) is 0 Å². The molecule has 1 saturated carbocycles. The van der Waals surface area contributed by atoms with Crippen molar-refractivity contribution in [3.8, 4) is 0 Å². The number of piperidine rings is 1. The zero-order valence-electron chi connectivity index (χ0n) is 23.6. The first kappa shape index (κ1) is 30.6. The van der Waals surface area contributed by atoms with Gasteiger partial charge in [0.15, 0.2) is 16.9 Å². The molecule has 1 aliphatic carbocycles. The topological polar surface area (TPSA) is 108 Å². The van der Waals surface area contributed by atoms with Gasteiger partial charge in [-0.3, -0.25) is 24.0 Å². The predicted octanol–water partition coefficient (Wildman–Crippen LogP) is 4.54. The molecule has 3 unspecified atom stereocenters. The smallest absolute Gasteiger partial charge is 0.331 e. The monoisotopic (exact) mass is 585 g/mol. The Balaban J connectivity index is 1.64. The zero-order valence-corrected chi connectivity index (χ0v) is 24.4. The number of rotatable bonds is 12. The second-order valence-corrected chi connectivity index (χ2v) is 11.6. The summed E-state index contributed by atoms with van der Waals surface area (Å²) in [6, 6.07) is 6.40. The molecule has 0 radical (unpaired) electrons. The maximum atomic E-state index is 14.9. The van der Waals surface area contributed by atoms with Crippen molar-refractivity contribution in [2.45, 2.75) is 63.8 Å². The standard InChI is InChI=1S/C30H36FN3O6S/c1-4-39-27(36)17-25(30(38)40-5-2)34-15-12-22(32-34)16-21-18-33(14-13-26(21)41-19(3)35)28(29(37)20-10-11-20)23-8-6-7-9-24(23)31/h6-9,12,15-16,20,25-26,28H,4-5,10-11,13-14,17-18H2,1-3H3. The minimum atomic E-state index is -0.993. The molecule has 1 aromatic heterocycles. The average Bonchev–Trinajstić information content (AvgIpc) is 3.69. The molecule has 1 saturated heterocycles. The van der Waals surface area contributed by atoms with Crippen LogP contribution in [0.5, 0.6) is 0 Å². The summed E-state index contributed by atoms with van der Waals surface area (Å²) in [4.78, 5) is 52.3. The van der Waals surface area contributed by atoms with Crippen molar-refractivity contribution in [3.63, 3.8) is 0 Å². The van der Waals surface area contributed by atoms with Gasteiger partial charge in [-0.15, -0.1) is 0 Å². The molecular formula is C30H36FN3O6S. The molecule has 11 heteroatoms. The van der Waals surface area contributed by atoms with Crippen molar-refractivity contribution in [1.82, 2.24) is 14.7 Å². The van der Waals surface area contributed by atoms with Crippen LogP contribution in [0.3, 0.4) is 0 Å². The fourth-order valence-electron chi connectivity index (χ4n) is 5.09. The number of hydrogen-bond acceptors (Lipinski definition) is 9. The van der Waals surface area contributed by atoms with E-state index in [1.807, 2.05) is 11.0 Å². The van der Waals surface area contributed by atoms with E-state index in [9.17, 15) is 23.6 Å². The number of ketones is 1. The first-order valence-corrected chi connectivity index (χ1v) is 14.9. The normalized spacial score (nSPS) is 19.9. The van der Waals surface area contributed by atoms with Gasteiger partial charge in [-0.05, 0) is 56.9 Å². The Morgan fingerprint density at radius 2 is 1.83 bits per heavy atom. The van der Waals surface area contributed by atoms with Gasteiger partial charge in [0.2, 0.25) is 0 Å². The van der Waals surface area contributed by atoms with Crippen LogP contribution < -0.4 is 0 Å². The molecule has 4 rings (SSSR count). The lowest BCUT2D eigenvalue weighted by molar-refractivity contribution is -0.154. The van der Waals surface area contributed by atoms with Crippen molar-refractivity contribution in [2.24, 2.45) is 5.92 Å². The third-order valence-electron chi connectivity index (χ3n) is 7.11. The highest BCUT2D eigenvalue weighted by Gasteiger charge is 2.41. The number of hydrogen-bond donors (Lipinski definition) is 0. The SMILES string of the molecule is CCOC(=O)CC(C(=O)OCC)n1ccc(C=C2CN(C(C(=O)C3CC3)c3ccccc3F)CCC2SC(C)=O)n1. The van der Waals surface area contributed by atoms with E-state index in [1.54, 1.807) is 44.3 Å². The van der Waals surface area contributed by atoms with E-state index in [0.29, 0.717) is 30.8 Å². The van der Waals surface area contributed by atoms with Crippen molar-refractivity contribution in [3.05, 3.63) is 59.2 Å². The Bertz CT molecular complexity index is 1310. The minimum Gasteiger partial charge on any atom is -0.466 e. The Morgan fingerprint density at radius 3 is 2.49 bits per heavy atom. The lowest BCUT2D eigenvalue weighted by Crippen LogP contribution is -2.43. The Kier molecular flexibility index (Phi) is 10.5. The van der Waals surface area contributed by atoms with Gasteiger partial charge in [0.05, 0.1) is 31.4 Å². The molecule has 1 aliphatic heterocycles. The Morgan fingerprint density at radius 1 is 1.10 bits per heavy atom. The number of esters is 2. The van der Waals surface area contributed by atoms with Crippen molar-refractivity contribution in [2.75, 3.05) is 26.3 Å².